The summed E-state index contributed by atoms with van der Waals surface area (Å²) in [6.07, 6.45) is 5.39. The van der Waals surface area contributed by atoms with Crippen molar-refractivity contribution in [3.8, 4) is 0 Å². The molecule has 10 heavy (non-hydrogen) atoms. The molecule has 2 fully saturated rings. The Hall–Kier alpha value is -0.300. The molecule has 0 amide bonds. The fourth-order valence-corrected chi connectivity index (χ4v) is 2.37. The molecule has 1 nitrogen and oxygen atoms in total. The minimum absolute atomic E-state index is 0.735. The average Bonchev–Trinajstić information content (AvgIpc) is 2.13. The van der Waals surface area contributed by atoms with E-state index in [4.69, 9.17) is 0 Å². The Labute approximate surface area is 62.7 Å². The van der Waals surface area contributed by atoms with Gasteiger partial charge < -0.3 is 0 Å². The zero-order valence-corrected chi connectivity index (χ0v) is 6.64. The molecule has 2 aliphatic rings. The number of hydrogen-bond acceptors (Lipinski definition) is 1. The maximum Gasteiger partial charge on any atom is 0.0305 e. The van der Waals surface area contributed by atoms with Gasteiger partial charge in [-0.25, -0.2) is 0 Å². The van der Waals surface area contributed by atoms with Gasteiger partial charge in [0.25, 0.3) is 0 Å². The first-order valence-corrected chi connectivity index (χ1v) is 4.18. The van der Waals surface area contributed by atoms with E-state index in [9.17, 15) is 0 Å². The second kappa shape index (κ2) is 2.09. The van der Waals surface area contributed by atoms with Crippen LogP contribution in [0, 0.1) is 0 Å². The highest BCUT2D eigenvalue weighted by atomic mass is 15.2. The zero-order valence-electron chi connectivity index (χ0n) is 6.64. The lowest BCUT2D eigenvalue weighted by Gasteiger charge is -2.32. The molecule has 56 valence electrons. The van der Waals surface area contributed by atoms with E-state index in [1.807, 2.05) is 0 Å². The average molecular weight is 137 g/mol. The molecule has 2 atom stereocenters. The Morgan fingerprint density at radius 2 is 2.20 bits per heavy atom. The normalized spacial score (nSPS) is 40.7. The number of likely N-dealkylation sites (N-methyl/N-ethyl adjacent to an activating group) is 1. The van der Waals surface area contributed by atoms with Crippen molar-refractivity contribution in [2.24, 2.45) is 0 Å². The van der Waals surface area contributed by atoms with Gasteiger partial charge >= 0.3 is 0 Å². The molecule has 0 N–H and O–H groups in total. The lowest BCUT2D eigenvalue weighted by molar-refractivity contribution is 0.222. The third-order valence-electron chi connectivity index (χ3n) is 3.11. The van der Waals surface area contributed by atoms with Crippen LogP contribution in [0.2, 0.25) is 0 Å². The van der Waals surface area contributed by atoms with Gasteiger partial charge in [-0.1, -0.05) is 12.2 Å². The largest absolute Gasteiger partial charge is 0.297 e. The fraction of sp³-hybridized carbons (Fsp3) is 0.778. The summed E-state index contributed by atoms with van der Waals surface area (Å²) in [5.41, 5.74) is 1.47. The monoisotopic (exact) mass is 137 g/mol. The molecule has 0 aromatic heterocycles. The molecule has 0 spiro atoms. The summed E-state index contributed by atoms with van der Waals surface area (Å²) in [6.45, 7) is 4.10. The van der Waals surface area contributed by atoms with Gasteiger partial charge in [0.05, 0.1) is 0 Å². The topological polar surface area (TPSA) is 3.24 Å². The first-order valence-electron chi connectivity index (χ1n) is 4.18. The summed E-state index contributed by atoms with van der Waals surface area (Å²) < 4.78 is 0. The first kappa shape index (κ1) is 6.41. The van der Waals surface area contributed by atoms with Crippen molar-refractivity contribution >= 4 is 0 Å². The molecule has 2 rings (SSSR count). The second-order valence-electron chi connectivity index (χ2n) is 3.61. The number of fused-ring (bicyclic) bond motifs is 2. The van der Waals surface area contributed by atoms with Crippen LogP contribution in [0.5, 0.6) is 0 Å². The summed E-state index contributed by atoms with van der Waals surface area (Å²) in [5.74, 6) is 0. The fourth-order valence-electron chi connectivity index (χ4n) is 2.37. The summed E-state index contributed by atoms with van der Waals surface area (Å²) in [6, 6.07) is 1.62. The summed E-state index contributed by atoms with van der Waals surface area (Å²) in [4.78, 5) is 2.51. The summed E-state index contributed by atoms with van der Waals surface area (Å²) in [5, 5.41) is 0. The molecule has 0 aromatic rings. The summed E-state index contributed by atoms with van der Waals surface area (Å²) >= 11 is 0. The molecule has 0 aromatic carbocycles. The van der Waals surface area contributed by atoms with Crippen molar-refractivity contribution in [2.45, 2.75) is 37.8 Å². The van der Waals surface area contributed by atoms with Crippen LogP contribution in [0.25, 0.3) is 0 Å². The Bertz CT molecular complexity index is 162. The van der Waals surface area contributed by atoms with Crippen LogP contribution in [0.3, 0.4) is 0 Å². The van der Waals surface area contributed by atoms with Crippen LogP contribution in [0.4, 0.5) is 0 Å². The van der Waals surface area contributed by atoms with Crippen molar-refractivity contribution in [3.63, 3.8) is 0 Å². The van der Waals surface area contributed by atoms with E-state index in [2.05, 4.69) is 18.5 Å². The van der Waals surface area contributed by atoms with Gasteiger partial charge in [-0.2, -0.15) is 0 Å². The second-order valence-corrected chi connectivity index (χ2v) is 3.61. The predicted octanol–water partition coefficient (Wildman–Crippen LogP) is 1.80. The molecule has 2 heterocycles. The minimum atomic E-state index is 0.735. The SMILES string of the molecule is C=C1CC[C@@H]2CC[C@H]1N2C. The third-order valence-corrected chi connectivity index (χ3v) is 3.11. The molecule has 2 saturated heterocycles. The van der Waals surface area contributed by atoms with Crippen molar-refractivity contribution in [1.29, 1.82) is 0 Å². The lowest BCUT2D eigenvalue weighted by Crippen LogP contribution is -2.37. The van der Waals surface area contributed by atoms with Crippen LogP contribution in [0.15, 0.2) is 12.2 Å². The van der Waals surface area contributed by atoms with Crippen molar-refractivity contribution in [1.82, 2.24) is 4.90 Å². The highest BCUT2D eigenvalue weighted by Gasteiger charge is 2.35. The lowest BCUT2D eigenvalue weighted by atomic mass is 9.99. The van der Waals surface area contributed by atoms with Crippen LogP contribution in [-0.4, -0.2) is 24.0 Å². The number of rotatable bonds is 0. The number of piperidine rings is 1. The Morgan fingerprint density at radius 1 is 1.40 bits per heavy atom. The summed E-state index contributed by atoms with van der Waals surface area (Å²) in [7, 11) is 2.24. The van der Waals surface area contributed by atoms with E-state index in [1.165, 1.54) is 31.3 Å². The molecule has 2 bridgehead atoms. The van der Waals surface area contributed by atoms with E-state index in [1.54, 1.807) is 0 Å². The third kappa shape index (κ3) is 0.734. The Kier molecular flexibility index (Phi) is 1.34. The quantitative estimate of drug-likeness (QED) is 0.460. The van der Waals surface area contributed by atoms with E-state index in [0.717, 1.165) is 12.1 Å². The van der Waals surface area contributed by atoms with Gasteiger partial charge in [-0.05, 0) is 32.7 Å². The Balaban J connectivity index is 2.20. The van der Waals surface area contributed by atoms with Crippen molar-refractivity contribution in [3.05, 3.63) is 12.2 Å². The molecule has 2 aliphatic heterocycles. The maximum absolute atomic E-state index is 4.10. The van der Waals surface area contributed by atoms with Gasteiger partial charge in [-0.3, -0.25) is 4.90 Å². The molecule has 0 radical (unpaired) electrons. The minimum Gasteiger partial charge on any atom is -0.297 e. The van der Waals surface area contributed by atoms with Gasteiger partial charge in [0.2, 0.25) is 0 Å². The van der Waals surface area contributed by atoms with Crippen LogP contribution < -0.4 is 0 Å². The van der Waals surface area contributed by atoms with Gasteiger partial charge in [0.1, 0.15) is 0 Å². The zero-order chi connectivity index (χ0) is 7.14. The standard InChI is InChI=1S/C9H15N/c1-7-3-4-8-5-6-9(7)10(8)2/h8-9H,1,3-6H2,2H3/t8-,9-/m1/s1. The van der Waals surface area contributed by atoms with Gasteiger partial charge in [0, 0.05) is 12.1 Å². The van der Waals surface area contributed by atoms with E-state index >= 15 is 0 Å². The van der Waals surface area contributed by atoms with E-state index in [-0.39, 0.29) is 0 Å². The van der Waals surface area contributed by atoms with Crippen LogP contribution >= 0.6 is 0 Å². The van der Waals surface area contributed by atoms with Crippen molar-refractivity contribution < 1.29 is 0 Å². The smallest absolute Gasteiger partial charge is 0.0305 e. The van der Waals surface area contributed by atoms with Gasteiger partial charge in [-0.15, -0.1) is 0 Å². The van der Waals surface area contributed by atoms with Crippen LogP contribution in [-0.2, 0) is 0 Å². The molecular weight excluding hydrogens is 122 g/mol. The first-order chi connectivity index (χ1) is 4.79. The molecule has 1 heteroatoms. The Morgan fingerprint density at radius 3 is 2.90 bits per heavy atom. The van der Waals surface area contributed by atoms with Crippen molar-refractivity contribution in [2.75, 3.05) is 7.05 Å². The molecule has 0 unspecified atom stereocenters. The van der Waals surface area contributed by atoms with E-state index in [0.29, 0.717) is 0 Å². The predicted molar refractivity (Wildman–Crippen MR) is 42.9 cm³/mol. The number of hydrogen-bond donors (Lipinski definition) is 0. The number of nitrogens with zero attached hydrogens (tertiary/aromatic N) is 1. The highest BCUT2D eigenvalue weighted by Crippen LogP contribution is 2.36. The van der Waals surface area contributed by atoms with E-state index < -0.39 is 0 Å². The molecular formula is C9H15N. The molecule has 0 aliphatic carbocycles. The molecule has 0 saturated carbocycles. The van der Waals surface area contributed by atoms with Crippen LogP contribution in [0.1, 0.15) is 25.7 Å². The maximum atomic E-state index is 4.10. The highest BCUT2D eigenvalue weighted by molar-refractivity contribution is 5.14. The van der Waals surface area contributed by atoms with Gasteiger partial charge in [0.15, 0.2) is 0 Å².